The third-order valence-corrected chi connectivity index (χ3v) is 3.88. The molecule has 23 heavy (non-hydrogen) atoms. The minimum Gasteiger partial charge on any atom is -0.504 e. The predicted octanol–water partition coefficient (Wildman–Crippen LogP) is 3.69. The Labute approximate surface area is 136 Å². The van der Waals surface area contributed by atoms with E-state index in [0.29, 0.717) is 29.8 Å². The number of aryl methyl sites for hydroxylation is 1. The van der Waals surface area contributed by atoms with Crippen molar-refractivity contribution in [1.29, 1.82) is 0 Å². The third kappa shape index (κ3) is 3.60. The summed E-state index contributed by atoms with van der Waals surface area (Å²) < 4.78 is 12.5. The zero-order valence-electron chi connectivity index (χ0n) is 14.1. The van der Waals surface area contributed by atoms with Crippen LogP contribution in [0.5, 0.6) is 17.2 Å². The van der Waals surface area contributed by atoms with E-state index in [4.69, 9.17) is 9.47 Å². The lowest BCUT2D eigenvalue weighted by Crippen LogP contribution is -2.22. The highest BCUT2D eigenvalue weighted by Gasteiger charge is 2.17. The van der Waals surface area contributed by atoms with Crippen LogP contribution in [0.2, 0.25) is 0 Å². The number of aromatic nitrogens is 1. The fourth-order valence-electron chi connectivity index (χ4n) is 2.54. The molecule has 0 bridgehead atoms. The summed E-state index contributed by atoms with van der Waals surface area (Å²) in [5.74, 6) is 0.591. The van der Waals surface area contributed by atoms with E-state index in [9.17, 15) is 9.90 Å². The van der Waals surface area contributed by atoms with Crippen molar-refractivity contribution >= 4 is 10.9 Å². The van der Waals surface area contributed by atoms with Gasteiger partial charge in [-0.15, -0.1) is 0 Å². The Morgan fingerprint density at radius 2 is 1.91 bits per heavy atom. The molecule has 0 aliphatic rings. The lowest BCUT2D eigenvalue weighted by Gasteiger charge is -2.15. The smallest absolute Gasteiger partial charge is 0.297 e. The number of pyridine rings is 1. The van der Waals surface area contributed by atoms with Crippen molar-refractivity contribution in [3.05, 3.63) is 28.6 Å². The first-order chi connectivity index (χ1) is 11.1. The summed E-state index contributed by atoms with van der Waals surface area (Å²) in [5.41, 5.74) is 0.368. The number of aromatic hydroxyl groups is 1. The molecule has 0 radical (unpaired) electrons. The van der Waals surface area contributed by atoms with Gasteiger partial charge in [0.05, 0.1) is 19.2 Å². The number of rotatable bonds is 8. The second kappa shape index (κ2) is 7.90. The second-order valence-corrected chi connectivity index (χ2v) is 5.57. The summed E-state index contributed by atoms with van der Waals surface area (Å²) >= 11 is 0. The van der Waals surface area contributed by atoms with Crippen LogP contribution in [0, 0.1) is 0 Å². The summed E-state index contributed by atoms with van der Waals surface area (Å²) in [6, 6.07) is 5.41. The normalized spacial score (nSPS) is 10.9. The molecular formula is C18H25NO4. The summed E-state index contributed by atoms with van der Waals surface area (Å²) in [5, 5.41) is 10.9. The van der Waals surface area contributed by atoms with Gasteiger partial charge in [0.15, 0.2) is 5.75 Å². The summed E-state index contributed by atoms with van der Waals surface area (Å²) in [6.45, 7) is 5.41. The number of hydrogen-bond donors (Lipinski definition) is 1. The lowest BCUT2D eigenvalue weighted by molar-refractivity contribution is 0.309. The molecule has 1 aromatic heterocycles. The molecule has 126 valence electrons. The average Bonchev–Trinajstić information content (AvgIpc) is 2.55. The van der Waals surface area contributed by atoms with E-state index in [1.165, 1.54) is 7.11 Å². The van der Waals surface area contributed by atoms with E-state index < -0.39 is 0 Å². The Morgan fingerprint density at radius 3 is 2.57 bits per heavy atom. The van der Waals surface area contributed by atoms with E-state index in [1.807, 2.05) is 12.1 Å². The first kappa shape index (κ1) is 17.2. The predicted molar refractivity (Wildman–Crippen MR) is 91.7 cm³/mol. The van der Waals surface area contributed by atoms with Crippen LogP contribution in [0.15, 0.2) is 23.0 Å². The van der Waals surface area contributed by atoms with Crippen LogP contribution < -0.4 is 15.0 Å². The zero-order valence-corrected chi connectivity index (χ0v) is 14.1. The first-order valence-electron chi connectivity index (χ1n) is 8.20. The van der Waals surface area contributed by atoms with Gasteiger partial charge in [-0.3, -0.25) is 4.79 Å². The number of fused-ring (bicyclic) bond motifs is 1. The van der Waals surface area contributed by atoms with Gasteiger partial charge in [-0.1, -0.05) is 26.7 Å². The summed E-state index contributed by atoms with van der Waals surface area (Å²) in [4.78, 5) is 12.5. The number of ether oxygens (including phenoxy) is 2. The molecule has 5 heteroatoms. The van der Waals surface area contributed by atoms with Crippen molar-refractivity contribution in [3.8, 4) is 17.2 Å². The molecule has 0 fully saturated rings. The molecule has 0 aliphatic heterocycles. The highest BCUT2D eigenvalue weighted by molar-refractivity contribution is 5.88. The molecule has 0 saturated carbocycles. The van der Waals surface area contributed by atoms with Crippen LogP contribution in [-0.4, -0.2) is 23.4 Å². The molecule has 0 spiro atoms. The Bertz CT molecular complexity index is 721. The van der Waals surface area contributed by atoms with Gasteiger partial charge in [0, 0.05) is 18.0 Å². The number of benzene rings is 1. The van der Waals surface area contributed by atoms with E-state index in [-0.39, 0.29) is 17.1 Å². The van der Waals surface area contributed by atoms with Gasteiger partial charge < -0.3 is 19.1 Å². The number of nitrogens with zero attached hydrogens (tertiary/aromatic N) is 1. The zero-order chi connectivity index (χ0) is 16.8. The molecule has 1 aromatic carbocycles. The molecule has 2 rings (SSSR count). The Hall–Kier alpha value is -2.17. The quantitative estimate of drug-likeness (QED) is 0.754. The summed E-state index contributed by atoms with van der Waals surface area (Å²) in [6.07, 6.45) is 3.90. The topological polar surface area (TPSA) is 60.7 Å². The Kier molecular flexibility index (Phi) is 5.90. The largest absolute Gasteiger partial charge is 0.504 e. The van der Waals surface area contributed by atoms with Gasteiger partial charge in [-0.05, 0) is 25.0 Å². The van der Waals surface area contributed by atoms with E-state index >= 15 is 0 Å². The van der Waals surface area contributed by atoms with E-state index in [0.717, 1.165) is 25.7 Å². The van der Waals surface area contributed by atoms with Crippen LogP contribution >= 0.6 is 0 Å². The molecule has 0 amide bonds. The Morgan fingerprint density at radius 1 is 1.17 bits per heavy atom. The molecule has 1 heterocycles. The molecule has 0 unspecified atom stereocenters. The molecule has 1 N–H and O–H groups in total. The van der Waals surface area contributed by atoms with Gasteiger partial charge in [-0.2, -0.15) is 0 Å². The highest BCUT2D eigenvalue weighted by atomic mass is 16.5. The average molecular weight is 319 g/mol. The van der Waals surface area contributed by atoms with Crippen molar-refractivity contribution in [3.63, 3.8) is 0 Å². The minimum atomic E-state index is -0.309. The van der Waals surface area contributed by atoms with Gasteiger partial charge in [0.2, 0.25) is 5.75 Å². The number of methoxy groups -OCH3 is 1. The van der Waals surface area contributed by atoms with Crippen LogP contribution in [0.3, 0.4) is 0 Å². The number of hydrogen-bond acceptors (Lipinski definition) is 4. The van der Waals surface area contributed by atoms with Crippen molar-refractivity contribution in [2.24, 2.45) is 0 Å². The van der Waals surface area contributed by atoms with Crippen molar-refractivity contribution in [1.82, 2.24) is 4.57 Å². The fourth-order valence-corrected chi connectivity index (χ4v) is 2.54. The summed E-state index contributed by atoms with van der Waals surface area (Å²) in [7, 11) is 1.40. The van der Waals surface area contributed by atoms with Crippen LogP contribution in [-0.2, 0) is 6.54 Å². The van der Waals surface area contributed by atoms with Gasteiger partial charge in [-0.25, -0.2) is 0 Å². The van der Waals surface area contributed by atoms with Gasteiger partial charge in [0.1, 0.15) is 5.75 Å². The van der Waals surface area contributed by atoms with Crippen LogP contribution in [0.25, 0.3) is 10.9 Å². The maximum atomic E-state index is 12.5. The third-order valence-electron chi connectivity index (χ3n) is 3.88. The SMILES string of the molecule is CCCCOc1ccc2c(O)c(OC)c(=O)n(CCCC)c2c1. The van der Waals surface area contributed by atoms with Gasteiger partial charge in [0.25, 0.3) is 5.56 Å². The molecule has 0 aliphatic carbocycles. The fraction of sp³-hybridized carbons (Fsp3) is 0.500. The maximum Gasteiger partial charge on any atom is 0.297 e. The Balaban J connectivity index is 2.56. The van der Waals surface area contributed by atoms with Crippen molar-refractivity contribution < 1.29 is 14.6 Å². The van der Waals surface area contributed by atoms with Gasteiger partial charge >= 0.3 is 0 Å². The molecule has 0 saturated heterocycles. The minimum absolute atomic E-state index is 0.00625. The maximum absolute atomic E-state index is 12.5. The first-order valence-corrected chi connectivity index (χ1v) is 8.20. The standard InChI is InChI=1S/C18H25NO4/c1-4-6-10-19-15-12-13(23-11-7-5-2)8-9-14(15)16(20)17(22-3)18(19)21/h8-9,12,20H,4-7,10-11H2,1-3H3. The van der Waals surface area contributed by atoms with Crippen molar-refractivity contribution in [2.45, 2.75) is 46.1 Å². The van der Waals surface area contributed by atoms with E-state index in [2.05, 4.69) is 13.8 Å². The second-order valence-electron chi connectivity index (χ2n) is 5.57. The molecule has 5 nitrogen and oxygen atoms in total. The van der Waals surface area contributed by atoms with E-state index in [1.54, 1.807) is 10.6 Å². The monoisotopic (exact) mass is 319 g/mol. The number of unbranched alkanes of at least 4 members (excludes halogenated alkanes) is 2. The van der Waals surface area contributed by atoms with Crippen molar-refractivity contribution in [2.75, 3.05) is 13.7 Å². The molecular weight excluding hydrogens is 294 g/mol. The molecule has 0 atom stereocenters. The lowest BCUT2D eigenvalue weighted by atomic mass is 10.1. The molecule has 2 aromatic rings. The van der Waals surface area contributed by atoms with Crippen LogP contribution in [0.4, 0.5) is 0 Å². The highest BCUT2D eigenvalue weighted by Crippen LogP contribution is 2.33. The van der Waals surface area contributed by atoms with Crippen LogP contribution in [0.1, 0.15) is 39.5 Å².